The van der Waals surface area contributed by atoms with Gasteiger partial charge in [0.1, 0.15) is 6.54 Å². The zero-order valence-electron chi connectivity index (χ0n) is 17.2. The Hall–Kier alpha value is -2.51. The molecule has 8 heteroatoms. The molecule has 3 rings (SSSR count). The number of nitrogens with one attached hydrogen (secondary N) is 1. The van der Waals surface area contributed by atoms with Crippen LogP contribution in [0.4, 0.5) is 4.79 Å². The summed E-state index contributed by atoms with van der Waals surface area (Å²) in [7, 11) is 0. The molecule has 158 valence electrons. The summed E-state index contributed by atoms with van der Waals surface area (Å²) in [5.41, 5.74) is 3.75. The van der Waals surface area contributed by atoms with Crippen molar-refractivity contribution in [3.8, 4) is 5.69 Å². The lowest BCUT2D eigenvalue weighted by atomic mass is 10.2. The van der Waals surface area contributed by atoms with Crippen LogP contribution >= 0.6 is 23.4 Å². The van der Waals surface area contributed by atoms with E-state index >= 15 is 0 Å². The number of nitrogens with zero attached hydrogens (tertiary/aromatic N) is 2. The molecule has 0 radical (unpaired) electrons. The molecule has 0 spiro atoms. The van der Waals surface area contributed by atoms with Crippen molar-refractivity contribution in [3.05, 3.63) is 57.2 Å². The SMILES string of the molecule is CCCCNC(=O)CN1C(=O)S/C(=C\c2cc(C)n(-c3ccc(Cl)cc3)c2C)C1=O. The van der Waals surface area contributed by atoms with E-state index in [1.54, 1.807) is 6.08 Å². The summed E-state index contributed by atoms with van der Waals surface area (Å²) in [6, 6.07) is 9.47. The van der Waals surface area contributed by atoms with Crippen LogP contribution in [0.2, 0.25) is 5.02 Å². The quantitative estimate of drug-likeness (QED) is 0.495. The predicted molar refractivity (Wildman–Crippen MR) is 121 cm³/mol. The topological polar surface area (TPSA) is 71.4 Å². The molecule has 0 atom stereocenters. The predicted octanol–water partition coefficient (Wildman–Crippen LogP) is 4.70. The van der Waals surface area contributed by atoms with Gasteiger partial charge in [0.15, 0.2) is 0 Å². The fraction of sp³-hybridized carbons (Fsp3) is 0.318. The standard InChI is InChI=1S/C22H24ClN3O3S/c1-4-5-10-24-20(27)13-25-21(28)19(30-22(25)29)12-16-11-14(2)26(15(16)3)18-8-6-17(23)7-9-18/h6-9,11-12H,4-5,10,13H2,1-3H3,(H,24,27)/b19-12-. The van der Waals surface area contributed by atoms with E-state index in [0.717, 1.165) is 52.1 Å². The third kappa shape index (κ3) is 4.79. The van der Waals surface area contributed by atoms with Crippen LogP contribution in [0.3, 0.4) is 0 Å². The van der Waals surface area contributed by atoms with Gasteiger partial charge in [0, 0.05) is 28.6 Å². The second kappa shape index (κ2) is 9.53. The van der Waals surface area contributed by atoms with Crippen molar-refractivity contribution >= 4 is 46.5 Å². The van der Waals surface area contributed by atoms with Gasteiger partial charge in [-0.15, -0.1) is 0 Å². The van der Waals surface area contributed by atoms with Gasteiger partial charge in [0.25, 0.3) is 11.1 Å². The molecule has 1 aromatic heterocycles. The zero-order chi connectivity index (χ0) is 21.8. The van der Waals surface area contributed by atoms with Gasteiger partial charge in [-0.05, 0) is 74.0 Å². The number of imide groups is 1. The van der Waals surface area contributed by atoms with Crippen molar-refractivity contribution in [2.75, 3.05) is 13.1 Å². The minimum atomic E-state index is -0.438. The molecule has 0 aliphatic carbocycles. The van der Waals surface area contributed by atoms with Crippen molar-refractivity contribution in [1.29, 1.82) is 0 Å². The highest BCUT2D eigenvalue weighted by atomic mass is 35.5. The number of unbranched alkanes of at least 4 members (excludes halogenated alkanes) is 1. The highest BCUT2D eigenvalue weighted by Crippen LogP contribution is 2.33. The Bertz CT molecular complexity index is 1010. The van der Waals surface area contributed by atoms with Gasteiger partial charge in [-0.1, -0.05) is 24.9 Å². The Balaban J connectivity index is 1.80. The van der Waals surface area contributed by atoms with Crippen molar-refractivity contribution in [1.82, 2.24) is 14.8 Å². The molecule has 3 amide bonds. The van der Waals surface area contributed by atoms with Crippen LogP contribution in [0.5, 0.6) is 0 Å². The molecule has 2 aromatic rings. The first kappa shape index (κ1) is 22.2. The average Bonchev–Trinajstić information content (AvgIpc) is 3.13. The van der Waals surface area contributed by atoms with Crippen molar-refractivity contribution in [3.63, 3.8) is 0 Å². The summed E-state index contributed by atoms with van der Waals surface area (Å²) in [6.45, 7) is 6.25. The van der Waals surface area contributed by atoms with Gasteiger partial charge >= 0.3 is 0 Å². The molecule has 30 heavy (non-hydrogen) atoms. The fourth-order valence-electron chi connectivity index (χ4n) is 3.30. The van der Waals surface area contributed by atoms with Crippen LogP contribution in [0.1, 0.15) is 36.7 Å². The van der Waals surface area contributed by atoms with Crippen molar-refractivity contribution in [2.24, 2.45) is 0 Å². The van der Waals surface area contributed by atoms with Gasteiger partial charge < -0.3 is 9.88 Å². The molecule has 0 saturated carbocycles. The third-order valence-corrected chi connectivity index (χ3v) is 6.03. The Morgan fingerprint density at radius 1 is 1.20 bits per heavy atom. The summed E-state index contributed by atoms with van der Waals surface area (Å²) in [5.74, 6) is -0.764. The molecular weight excluding hydrogens is 422 g/mol. The number of hydrogen-bond donors (Lipinski definition) is 1. The Labute approximate surface area is 185 Å². The lowest BCUT2D eigenvalue weighted by Crippen LogP contribution is -2.39. The molecule has 1 aromatic carbocycles. The molecule has 1 aliphatic rings. The van der Waals surface area contributed by atoms with E-state index in [0.29, 0.717) is 16.5 Å². The van der Waals surface area contributed by atoms with Crippen LogP contribution in [0.25, 0.3) is 11.8 Å². The summed E-state index contributed by atoms with van der Waals surface area (Å²) in [4.78, 5) is 38.3. The van der Waals surface area contributed by atoms with E-state index in [-0.39, 0.29) is 12.5 Å². The van der Waals surface area contributed by atoms with Crippen LogP contribution in [0, 0.1) is 13.8 Å². The fourth-order valence-corrected chi connectivity index (χ4v) is 4.26. The second-order valence-corrected chi connectivity index (χ2v) is 8.54. The van der Waals surface area contributed by atoms with Crippen molar-refractivity contribution < 1.29 is 14.4 Å². The van der Waals surface area contributed by atoms with Gasteiger partial charge in [0.2, 0.25) is 5.91 Å². The third-order valence-electron chi connectivity index (χ3n) is 4.87. The number of carbonyl (C=O) groups excluding carboxylic acids is 3. The van der Waals surface area contributed by atoms with E-state index in [1.807, 2.05) is 51.1 Å². The first-order chi connectivity index (χ1) is 14.3. The summed E-state index contributed by atoms with van der Waals surface area (Å²) >= 11 is 6.85. The van der Waals surface area contributed by atoms with E-state index in [9.17, 15) is 14.4 Å². The van der Waals surface area contributed by atoms with Gasteiger partial charge in [-0.25, -0.2) is 0 Å². The smallest absolute Gasteiger partial charge is 0.294 e. The molecular formula is C22H24ClN3O3S. The number of aryl methyl sites for hydroxylation is 1. The number of aromatic nitrogens is 1. The minimum absolute atomic E-state index is 0.254. The number of carbonyl (C=O) groups is 3. The molecule has 1 N–H and O–H groups in total. The van der Waals surface area contributed by atoms with Gasteiger partial charge in [-0.2, -0.15) is 0 Å². The lowest BCUT2D eigenvalue weighted by molar-refractivity contribution is -0.129. The van der Waals surface area contributed by atoms with E-state index in [1.165, 1.54) is 0 Å². The Morgan fingerprint density at radius 3 is 2.57 bits per heavy atom. The van der Waals surface area contributed by atoms with E-state index in [2.05, 4.69) is 9.88 Å². The lowest BCUT2D eigenvalue weighted by Gasteiger charge is -2.12. The highest BCUT2D eigenvalue weighted by molar-refractivity contribution is 8.18. The molecule has 0 unspecified atom stereocenters. The molecule has 6 nitrogen and oxygen atoms in total. The summed E-state index contributed by atoms with van der Waals surface area (Å²) < 4.78 is 2.06. The van der Waals surface area contributed by atoms with Gasteiger partial charge in [0.05, 0.1) is 4.91 Å². The highest BCUT2D eigenvalue weighted by Gasteiger charge is 2.36. The first-order valence-electron chi connectivity index (χ1n) is 9.78. The maximum atomic E-state index is 12.7. The molecule has 1 saturated heterocycles. The number of benzene rings is 1. The minimum Gasteiger partial charge on any atom is -0.355 e. The van der Waals surface area contributed by atoms with Crippen molar-refractivity contribution in [2.45, 2.75) is 33.6 Å². The van der Waals surface area contributed by atoms with Crippen LogP contribution in [-0.2, 0) is 9.59 Å². The second-order valence-electron chi connectivity index (χ2n) is 7.11. The summed E-state index contributed by atoms with van der Waals surface area (Å²) in [5, 5.41) is 2.97. The van der Waals surface area contributed by atoms with Crippen LogP contribution in [0.15, 0.2) is 35.2 Å². The van der Waals surface area contributed by atoms with E-state index < -0.39 is 11.1 Å². The number of thioether (sulfide) groups is 1. The number of hydrogen-bond acceptors (Lipinski definition) is 4. The normalized spacial score (nSPS) is 15.3. The molecule has 0 bridgehead atoms. The van der Waals surface area contributed by atoms with Crippen LogP contribution in [-0.4, -0.2) is 39.6 Å². The van der Waals surface area contributed by atoms with Crippen LogP contribution < -0.4 is 5.32 Å². The number of halogens is 1. The summed E-state index contributed by atoms with van der Waals surface area (Å²) in [6.07, 6.45) is 3.53. The maximum absolute atomic E-state index is 12.7. The van der Waals surface area contributed by atoms with E-state index in [4.69, 9.17) is 11.6 Å². The van der Waals surface area contributed by atoms with Gasteiger partial charge in [-0.3, -0.25) is 19.3 Å². The Morgan fingerprint density at radius 2 is 1.90 bits per heavy atom. The first-order valence-corrected chi connectivity index (χ1v) is 11.0. The molecule has 1 fully saturated rings. The molecule has 2 heterocycles. The Kier molecular flexibility index (Phi) is 7.05. The molecule has 1 aliphatic heterocycles. The monoisotopic (exact) mass is 445 g/mol. The average molecular weight is 446 g/mol. The maximum Gasteiger partial charge on any atom is 0.294 e. The zero-order valence-corrected chi connectivity index (χ0v) is 18.8. The number of amides is 3. The largest absolute Gasteiger partial charge is 0.355 e. The number of rotatable bonds is 7.